The van der Waals surface area contributed by atoms with Crippen LogP contribution in [-0.2, 0) is 16.4 Å². The number of aromatic nitrogens is 1. The minimum absolute atomic E-state index is 0.168. The number of thiophene rings is 1. The Morgan fingerprint density at radius 3 is 2.71 bits per heavy atom. The lowest BCUT2D eigenvalue weighted by molar-refractivity contribution is 0.560. The van der Waals surface area contributed by atoms with Gasteiger partial charge in [0, 0.05) is 35.2 Å². The first-order valence-electron chi connectivity index (χ1n) is 6.62. The Morgan fingerprint density at radius 2 is 2.10 bits per heavy atom. The normalized spacial score (nSPS) is 13.1. The fourth-order valence-corrected chi connectivity index (χ4v) is 4.49. The van der Waals surface area contributed by atoms with E-state index < -0.39 is 10.0 Å². The number of hydrogen-bond donors (Lipinski definition) is 2. The molecule has 2 aromatic heterocycles. The Morgan fingerprint density at radius 1 is 1.33 bits per heavy atom. The van der Waals surface area contributed by atoms with Gasteiger partial charge in [-0.1, -0.05) is 0 Å². The molecule has 1 atom stereocenters. The number of nitrogens with one attached hydrogen (secondary N) is 2. The number of aryl methyl sites for hydroxylation is 1. The van der Waals surface area contributed by atoms with Crippen LogP contribution in [-0.4, -0.2) is 26.5 Å². The molecule has 0 aliphatic carbocycles. The zero-order chi connectivity index (χ0) is 15.5. The maximum atomic E-state index is 12.4. The summed E-state index contributed by atoms with van der Waals surface area (Å²) >= 11 is 1.69. The molecule has 2 N–H and O–H groups in total. The summed E-state index contributed by atoms with van der Waals surface area (Å²) in [5.41, 5.74) is 0.539. The third-order valence-corrected chi connectivity index (χ3v) is 5.64. The van der Waals surface area contributed by atoms with Crippen LogP contribution in [0.15, 0.2) is 35.5 Å². The van der Waals surface area contributed by atoms with E-state index in [1.807, 2.05) is 26.0 Å². The average Bonchev–Trinajstić information content (AvgIpc) is 2.83. The van der Waals surface area contributed by atoms with Gasteiger partial charge in [0.1, 0.15) is 4.90 Å². The van der Waals surface area contributed by atoms with Crippen molar-refractivity contribution in [2.75, 3.05) is 12.4 Å². The summed E-state index contributed by atoms with van der Waals surface area (Å²) in [7, 11) is -1.90. The molecule has 2 aromatic rings. The molecule has 0 bridgehead atoms. The van der Waals surface area contributed by atoms with Crippen LogP contribution in [0.3, 0.4) is 0 Å². The highest BCUT2D eigenvalue weighted by Gasteiger charge is 2.21. The predicted molar refractivity (Wildman–Crippen MR) is 86.3 cm³/mol. The Balaban J connectivity index is 2.13. The molecule has 21 heavy (non-hydrogen) atoms. The standard InChI is InChI=1S/C14H19N3O2S2/c1-10(8-12-5-4-11(2)20-12)17-21(18,19)14-9-16-7-6-13(14)15-3/h4-7,9-10,17H,8H2,1-3H3,(H,15,16). The van der Waals surface area contributed by atoms with Crippen molar-refractivity contribution in [2.24, 2.45) is 0 Å². The second-order valence-electron chi connectivity index (χ2n) is 4.86. The van der Waals surface area contributed by atoms with Crippen molar-refractivity contribution in [1.29, 1.82) is 0 Å². The van der Waals surface area contributed by atoms with E-state index in [0.29, 0.717) is 12.1 Å². The fourth-order valence-electron chi connectivity index (χ4n) is 2.07. The van der Waals surface area contributed by atoms with Gasteiger partial charge in [-0.2, -0.15) is 0 Å². The maximum Gasteiger partial charge on any atom is 0.244 e. The van der Waals surface area contributed by atoms with Crippen molar-refractivity contribution in [1.82, 2.24) is 9.71 Å². The van der Waals surface area contributed by atoms with Gasteiger partial charge in [0.15, 0.2) is 0 Å². The van der Waals surface area contributed by atoms with Gasteiger partial charge in [-0.3, -0.25) is 4.98 Å². The van der Waals surface area contributed by atoms with Gasteiger partial charge in [0.05, 0.1) is 5.69 Å². The number of sulfonamides is 1. The second-order valence-corrected chi connectivity index (χ2v) is 7.92. The summed E-state index contributed by atoms with van der Waals surface area (Å²) in [5, 5.41) is 2.87. The lowest BCUT2D eigenvalue weighted by atomic mass is 10.2. The van der Waals surface area contributed by atoms with Gasteiger partial charge in [-0.05, 0) is 38.5 Å². The lowest BCUT2D eigenvalue weighted by Gasteiger charge is -2.15. The highest BCUT2D eigenvalue weighted by molar-refractivity contribution is 7.89. The highest BCUT2D eigenvalue weighted by atomic mass is 32.2. The van der Waals surface area contributed by atoms with Crippen molar-refractivity contribution < 1.29 is 8.42 Å². The molecule has 0 saturated heterocycles. The summed E-state index contributed by atoms with van der Waals surface area (Å²) in [4.78, 5) is 6.46. The molecule has 0 fully saturated rings. The molecule has 0 amide bonds. The van der Waals surface area contributed by atoms with Crippen LogP contribution in [0.4, 0.5) is 5.69 Å². The quantitative estimate of drug-likeness (QED) is 0.855. The van der Waals surface area contributed by atoms with Crippen LogP contribution >= 0.6 is 11.3 Å². The highest BCUT2D eigenvalue weighted by Crippen LogP contribution is 2.20. The van der Waals surface area contributed by atoms with Crippen LogP contribution in [0.2, 0.25) is 0 Å². The molecule has 0 aliphatic rings. The summed E-state index contributed by atoms with van der Waals surface area (Å²) in [6, 6.07) is 5.54. The first-order valence-corrected chi connectivity index (χ1v) is 8.92. The van der Waals surface area contributed by atoms with E-state index in [1.54, 1.807) is 30.6 Å². The summed E-state index contributed by atoms with van der Waals surface area (Å²) < 4.78 is 27.6. The molecular weight excluding hydrogens is 306 g/mol. The van der Waals surface area contributed by atoms with Gasteiger partial charge in [0.25, 0.3) is 0 Å². The molecule has 5 nitrogen and oxygen atoms in total. The van der Waals surface area contributed by atoms with Crippen molar-refractivity contribution >= 4 is 27.0 Å². The minimum Gasteiger partial charge on any atom is -0.387 e. The molecule has 0 aliphatic heterocycles. The van der Waals surface area contributed by atoms with Gasteiger partial charge in [0.2, 0.25) is 10.0 Å². The molecule has 0 spiro atoms. The van der Waals surface area contributed by atoms with Crippen molar-refractivity contribution in [3.05, 3.63) is 40.3 Å². The predicted octanol–water partition coefficient (Wildman–Crippen LogP) is 2.40. The number of rotatable bonds is 6. The Bertz CT molecular complexity index is 711. The SMILES string of the molecule is CNc1ccncc1S(=O)(=O)NC(C)Cc1ccc(C)s1. The third kappa shape index (κ3) is 4.03. The molecule has 2 rings (SSSR count). The lowest BCUT2D eigenvalue weighted by Crippen LogP contribution is -2.34. The minimum atomic E-state index is -3.59. The van der Waals surface area contributed by atoms with Gasteiger partial charge >= 0.3 is 0 Å². The largest absolute Gasteiger partial charge is 0.387 e. The van der Waals surface area contributed by atoms with Crippen molar-refractivity contribution in [3.63, 3.8) is 0 Å². The van der Waals surface area contributed by atoms with Crippen molar-refractivity contribution in [3.8, 4) is 0 Å². The van der Waals surface area contributed by atoms with E-state index in [9.17, 15) is 8.42 Å². The molecule has 114 valence electrons. The van der Waals surface area contributed by atoms with Gasteiger partial charge in [-0.15, -0.1) is 11.3 Å². The van der Waals surface area contributed by atoms with E-state index in [1.165, 1.54) is 16.0 Å². The van der Waals surface area contributed by atoms with Gasteiger partial charge < -0.3 is 5.32 Å². The first-order chi connectivity index (χ1) is 9.92. The number of hydrogen-bond acceptors (Lipinski definition) is 5. The summed E-state index contributed by atoms with van der Waals surface area (Å²) in [6.07, 6.45) is 3.59. The molecule has 2 heterocycles. The van der Waals surface area contributed by atoms with E-state index in [0.717, 1.165) is 0 Å². The smallest absolute Gasteiger partial charge is 0.244 e. The zero-order valence-electron chi connectivity index (χ0n) is 12.3. The fraction of sp³-hybridized carbons (Fsp3) is 0.357. The monoisotopic (exact) mass is 325 g/mol. The van der Waals surface area contributed by atoms with Crippen LogP contribution < -0.4 is 10.0 Å². The van der Waals surface area contributed by atoms with Crippen LogP contribution in [0.25, 0.3) is 0 Å². The number of anilines is 1. The molecular formula is C14H19N3O2S2. The topological polar surface area (TPSA) is 71.1 Å². The van der Waals surface area contributed by atoms with Crippen LogP contribution in [0.5, 0.6) is 0 Å². The average molecular weight is 325 g/mol. The number of nitrogens with zero attached hydrogens (tertiary/aromatic N) is 1. The molecule has 0 radical (unpaired) electrons. The Hall–Kier alpha value is -1.44. The molecule has 0 saturated carbocycles. The van der Waals surface area contributed by atoms with E-state index >= 15 is 0 Å². The van der Waals surface area contributed by atoms with Crippen LogP contribution in [0.1, 0.15) is 16.7 Å². The summed E-state index contributed by atoms with van der Waals surface area (Å²) in [6.45, 7) is 3.90. The molecule has 7 heteroatoms. The Kier molecular flexibility index (Phi) is 4.97. The first kappa shape index (κ1) is 15.9. The van der Waals surface area contributed by atoms with Crippen molar-refractivity contribution in [2.45, 2.75) is 31.2 Å². The van der Waals surface area contributed by atoms with E-state index in [4.69, 9.17) is 0 Å². The van der Waals surface area contributed by atoms with Crippen LogP contribution in [0, 0.1) is 6.92 Å². The third-order valence-electron chi connectivity index (χ3n) is 3.00. The second kappa shape index (κ2) is 6.55. The van der Waals surface area contributed by atoms with Gasteiger partial charge in [-0.25, -0.2) is 13.1 Å². The maximum absolute atomic E-state index is 12.4. The zero-order valence-corrected chi connectivity index (χ0v) is 13.9. The number of pyridine rings is 1. The molecule has 1 unspecified atom stereocenters. The Labute approximate surface area is 129 Å². The summed E-state index contributed by atoms with van der Waals surface area (Å²) in [5.74, 6) is 0. The van der Waals surface area contributed by atoms with E-state index in [2.05, 4.69) is 15.0 Å². The van der Waals surface area contributed by atoms with E-state index in [-0.39, 0.29) is 10.9 Å². The molecule has 0 aromatic carbocycles.